The molecule has 0 aromatic heterocycles. The maximum atomic E-state index is 12.6. The summed E-state index contributed by atoms with van der Waals surface area (Å²) in [5.74, 6) is -3.21. The van der Waals surface area contributed by atoms with Crippen LogP contribution in [-0.4, -0.2) is 91.9 Å². The van der Waals surface area contributed by atoms with Gasteiger partial charge in [-0.25, -0.2) is 4.79 Å². The second-order valence-corrected chi connectivity index (χ2v) is 8.14. The van der Waals surface area contributed by atoms with Crippen molar-refractivity contribution in [2.24, 2.45) is 5.92 Å². The third-order valence-corrected chi connectivity index (χ3v) is 4.73. The predicted molar refractivity (Wildman–Crippen MR) is 120 cm³/mol. The Kier molecular flexibility index (Phi) is 14.0. The number of allylic oxidation sites excluding steroid dienone is 1. The van der Waals surface area contributed by atoms with Crippen molar-refractivity contribution in [3.63, 3.8) is 0 Å². The van der Waals surface area contributed by atoms with Crippen LogP contribution in [0.3, 0.4) is 0 Å². The minimum Gasteiger partial charge on any atom is -0.462 e. The summed E-state index contributed by atoms with van der Waals surface area (Å²) in [5.41, 5.74) is 0.688. The fourth-order valence-corrected chi connectivity index (χ4v) is 2.94. The summed E-state index contributed by atoms with van der Waals surface area (Å²) in [6.07, 6.45) is -6.78. The van der Waals surface area contributed by atoms with Gasteiger partial charge in [-0.1, -0.05) is 13.8 Å². The highest BCUT2D eigenvalue weighted by Gasteiger charge is 2.39. The minimum absolute atomic E-state index is 0.103. The van der Waals surface area contributed by atoms with E-state index in [1.54, 1.807) is 34.7 Å². The average molecular weight is 491 g/mol. The third kappa shape index (κ3) is 10.5. The van der Waals surface area contributed by atoms with E-state index in [0.717, 1.165) is 13.8 Å². The number of ether oxygens (including phenoxy) is 4. The molecule has 196 valence electrons. The summed E-state index contributed by atoms with van der Waals surface area (Å²) in [6, 6.07) is -0.741. The molecule has 0 bridgehead atoms. The van der Waals surface area contributed by atoms with Crippen LogP contribution in [0.1, 0.15) is 41.5 Å². The molecule has 5 unspecified atom stereocenters. The largest absolute Gasteiger partial charge is 0.462 e. The van der Waals surface area contributed by atoms with E-state index in [-0.39, 0.29) is 11.6 Å². The lowest BCUT2D eigenvalue weighted by Gasteiger charge is -2.32. The summed E-state index contributed by atoms with van der Waals surface area (Å²) in [6.45, 7) is 7.93. The molecule has 0 aliphatic carbocycles. The van der Waals surface area contributed by atoms with Crippen molar-refractivity contribution in [1.82, 2.24) is 10.6 Å². The molecule has 0 rings (SSSR count). The first-order valence-electron chi connectivity index (χ1n) is 10.8. The molecule has 34 heavy (non-hydrogen) atoms. The number of carbonyl (C=O) groups is 4. The molecule has 0 spiro atoms. The lowest BCUT2D eigenvalue weighted by atomic mass is 10.0. The van der Waals surface area contributed by atoms with Gasteiger partial charge in [0.25, 0.3) is 0 Å². The highest BCUT2D eigenvalue weighted by molar-refractivity contribution is 5.88. The maximum Gasteiger partial charge on any atom is 0.354 e. The molecule has 0 saturated heterocycles. The van der Waals surface area contributed by atoms with Crippen LogP contribution in [-0.2, 0) is 38.1 Å². The molecule has 0 heterocycles. The van der Waals surface area contributed by atoms with Crippen LogP contribution >= 0.6 is 0 Å². The van der Waals surface area contributed by atoms with E-state index in [4.69, 9.17) is 18.9 Å². The molecule has 0 fully saturated rings. The fraction of sp³-hybridized carbons (Fsp3) is 0.727. The first kappa shape index (κ1) is 31.3. The molecule has 0 aromatic carbocycles. The Balaban J connectivity index is 5.86. The van der Waals surface area contributed by atoms with Crippen LogP contribution in [0, 0.1) is 5.92 Å². The zero-order valence-electron chi connectivity index (χ0n) is 21.0. The highest BCUT2D eigenvalue weighted by Crippen LogP contribution is 2.16. The zero-order valence-corrected chi connectivity index (χ0v) is 21.0. The van der Waals surface area contributed by atoms with Gasteiger partial charge in [0.05, 0.1) is 0 Å². The van der Waals surface area contributed by atoms with Gasteiger partial charge < -0.3 is 39.8 Å². The van der Waals surface area contributed by atoms with Crippen molar-refractivity contribution in [2.45, 2.75) is 72.0 Å². The number of likely N-dealkylation sites (N-methyl/N-ethyl adjacent to an activating group) is 2. The molecule has 12 heteroatoms. The zero-order chi connectivity index (χ0) is 26.6. The van der Waals surface area contributed by atoms with Gasteiger partial charge in [-0.15, -0.1) is 0 Å². The Bertz CT molecular complexity index is 733. The lowest BCUT2D eigenvalue weighted by molar-refractivity contribution is -0.188. The van der Waals surface area contributed by atoms with Gasteiger partial charge in [0.1, 0.15) is 37.2 Å². The van der Waals surface area contributed by atoms with Gasteiger partial charge in [0.2, 0.25) is 0 Å². The van der Waals surface area contributed by atoms with E-state index in [2.05, 4.69) is 10.6 Å². The van der Waals surface area contributed by atoms with Crippen LogP contribution in [0.25, 0.3) is 0 Å². The van der Waals surface area contributed by atoms with Gasteiger partial charge in [-0.2, -0.15) is 0 Å². The van der Waals surface area contributed by atoms with Crippen LogP contribution in [0.5, 0.6) is 0 Å². The second kappa shape index (κ2) is 15.3. The molecule has 0 amide bonds. The number of nitrogens with one attached hydrogen (secondary N) is 2. The quantitative estimate of drug-likeness (QED) is 0.139. The number of carbonyl (C=O) groups excluding carboxylic acids is 4. The number of rotatable bonds is 14. The molecular formula is C22H38N2O10. The normalized spacial score (nSPS) is 15.3. The van der Waals surface area contributed by atoms with Gasteiger partial charge >= 0.3 is 23.9 Å². The van der Waals surface area contributed by atoms with Gasteiger partial charge in [-0.05, 0) is 32.4 Å². The molecule has 12 nitrogen and oxygen atoms in total. The fourth-order valence-electron chi connectivity index (χ4n) is 2.94. The number of aliphatic hydroxyl groups excluding tert-OH is 2. The predicted octanol–water partition coefficient (Wildman–Crippen LogP) is -0.585. The number of hydrogen-bond donors (Lipinski definition) is 4. The summed E-state index contributed by atoms with van der Waals surface area (Å²) >= 11 is 0. The van der Waals surface area contributed by atoms with Crippen molar-refractivity contribution in [2.75, 3.05) is 27.3 Å². The summed E-state index contributed by atoms with van der Waals surface area (Å²) < 4.78 is 20.4. The standard InChI is InChI=1S/C22H38N2O10/c1-11(2)17(23-7)21(29)33-15(9-31-13(5)25)19(27)20(28)16(10-32-14(6)26)34-22(30)18(24-8)12(3)4/h11,15-17,19-20,23-24,27-28H,9-10H2,1-8H3. The Labute approximate surface area is 200 Å². The van der Waals surface area contributed by atoms with Crippen molar-refractivity contribution < 1.29 is 48.3 Å². The molecular weight excluding hydrogens is 452 g/mol. The molecule has 0 aliphatic heterocycles. The first-order valence-corrected chi connectivity index (χ1v) is 10.8. The molecule has 0 radical (unpaired) electrons. The van der Waals surface area contributed by atoms with Crippen LogP contribution < -0.4 is 10.6 Å². The van der Waals surface area contributed by atoms with Gasteiger partial charge in [0.15, 0.2) is 12.2 Å². The number of esters is 4. The Hall–Kier alpha value is -2.70. The average Bonchev–Trinajstić information content (AvgIpc) is 2.73. The number of hydrogen-bond acceptors (Lipinski definition) is 12. The summed E-state index contributed by atoms with van der Waals surface area (Å²) in [4.78, 5) is 47.7. The Morgan fingerprint density at radius 3 is 1.56 bits per heavy atom. The van der Waals surface area contributed by atoms with E-state index < -0.39 is 67.5 Å². The maximum absolute atomic E-state index is 12.6. The van der Waals surface area contributed by atoms with Crippen LogP contribution in [0.15, 0.2) is 11.3 Å². The van der Waals surface area contributed by atoms with E-state index >= 15 is 0 Å². The monoisotopic (exact) mass is 490 g/mol. The Morgan fingerprint density at radius 1 is 0.794 bits per heavy atom. The van der Waals surface area contributed by atoms with E-state index in [1.807, 2.05) is 0 Å². The van der Waals surface area contributed by atoms with Crippen LogP contribution in [0.4, 0.5) is 0 Å². The van der Waals surface area contributed by atoms with Gasteiger partial charge in [-0.3, -0.25) is 14.4 Å². The Morgan fingerprint density at radius 2 is 1.24 bits per heavy atom. The summed E-state index contributed by atoms with van der Waals surface area (Å²) in [7, 11) is 3.05. The van der Waals surface area contributed by atoms with Gasteiger partial charge in [0, 0.05) is 20.9 Å². The van der Waals surface area contributed by atoms with Crippen LogP contribution in [0.2, 0.25) is 0 Å². The SMILES string of the molecule is CNC(C(=O)OC(COC(C)=O)C(O)C(O)C(COC(C)=O)OC(=O)C(NC)C(C)C)=C(C)C. The topological polar surface area (TPSA) is 170 Å². The van der Waals surface area contributed by atoms with Crippen molar-refractivity contribution in [3.05, 3.63) is 11.3 Å². The second-order valence-electron chi connectivity index (χ2n) is 8.14. The van der Waals surface area contributed by atoms with E-state index in [9.17, 15) is 29.4 Å². The molecule has 5 atom stereocenters. The molecule has 4 N–H and O–H groups in total. The molecule has 0 aliphatic rings. The summed E-state index contributed by atoms with van der Waals surface area (Å²) in [5, 5.41) is 27.0. The highest BCUT2D eigenvalue weighted by atomic mass is 16.6. The van der Waals surface area contributed by atoms with Crippen molar-refractivity contribution in [3.8, 4) is 0 Å². The first-order chi connectivity index (χ1) is 15.8. The molecule has 0 saturated carbocycles. The minimum atomic E-state index is -1.88. The lowest BCUT2D eigenvalue weighted by Crippen LogP contribution is -2.52. The van der Waals surface area contributed by atoms with E-state index in [0.29, 0.717) is 5.57 Å². The van der Waals surface area contributed by atoms with Crippen molar-refractivity contribution in [1.29, 1.82) is 0 Å². The van der Waals surface area contributed by atoms with E-state index in [1.165, 1.54) is 7.05 Å². The number of aliphatic hydroxyl groups is 2. The third-order valence-electron chi connectivity index (χ3n) is 4.73. The van der Waals surface area contributed by atoms with Crippen molar-refractivity contribution >= 4 is 23.9 Å². The smallest absolute Gasteiger partial charge is 0.354 e. The molecule has 0 aromatic rings.